The second kappa shape index (κ2) is 7.40. The SMILES string of the molecule is COc1cc(OC)c(C(=O)NCc2nc3ccccc3s2)cc1OC. The number of ether oxygens (including phenoxy) is 3. The lowest BCUT2D eigenvalue weighted by Crippen LogP contribution is -2.23. The minimum Gasteiger partial charge on any atom is -0.496 e. The number of para-hydroxylation sites is 1. The third-order valence-electron chi connectivity index (χ3n) is 3.69. The van der Waals surface area contributed by atoms with Gasteiger partial charge in [-0.25, -0.2) is 4.98 Å². The summed E-state index contributed by atoms with van der Waals surface area (Å²) in [5, 5.41) is 3.71. The molecule has 0 spiro atoms. The van der Waals surface area contributed by atoms with Crippen LogP contribution in [0.4, 0.5) is 0 Å². The van der Waals surface area contributed by atoms with E-state index in [1.54, 1.807) is 23.5 Å². The molecule has 1 aromatic heterocycles. The first kappa shape index (κ1) is 17.0. The first-order valence-corrected chi connectivity index (χ1v) is 8.40. The fourth-order valence-corrected chi connectivity index (χ4v) is 3.36. The Kier molecular flexibility index (Phi) is 5.04. The lowest BCUT2D eigenvalue weighted by molar-refractivity contribution is 0.0947. The number of nitrogens with one attached hydrogen (secondary N) is 1. The number of rotatable bonds is 6. The molecule has 130 valence electrons. The highest BCUT2D eigenvalue weighted by atomic mass is 32.1. The standard InChI is InChI=1S/C18H18N2O4S/c1-22-13-9-15(24-3)14(23-2)8-11(13)18(21)19-10-17-20-12-6-4-5-7-16(12)25-17/h4-9H,10H2,1-3H3,(H,19,21). The number of methoxy groups -OCH3 is 3. The van der Waals surface area contributed by atoms with E-state index in [0.29, 0.717) is 29.4 Å². The van der Waals surface area contributed by atoms with Crippen molar-refractivity contribution in [2.75, 3.05) is 21.3 Å². The summed E-state index contributed by atoms with van der Waals surface area (Å²) in [4.78, 5) is 17.1. The minimum atomic E-state index is -0.267. The second-order valence-electron chi connectivity index (χ2n) is 5.17. The van der Waals surface area contributed by atoms with Gasteiger partial charge in [0.05, 0.1) is 43.7 Å². The van der Waals surface area contributed by atoms with E-state index in [-0.39, 0.29) is 5.91 Å². The van der Waals surface area contributed by atoms with E-state index in [1.165, 1.54) is 21.3 Å². The Hall–Kier alpha value is -2.80. The zero-order chi connectivity index (χ0) is 17.8. The van der Waals surface area contributed by atoms with Gasteiger partial charge in [-0.15, -0.1) is 11.3 Å². The number of hydrogen-bond acceptors (Lipinski definition) is 6. The van der Waals surface area contributed by atoms with E-state index >= 15 is 0 Å². The molecular formula is C18H18N2O4S. The van der Waals surface area contributed by atoms with Crippen LogP contribution in [-0.2, 0) is 6.54 Å². The lowest BCUT2D eigenvalue weighted by atomic mass is 10.1. The number of carbonyl (C=O) groups excluding carboxylic acids is 1. The summed E-state index contributed by atoms with van der Waals surface area (Å²) in [7, 11) is 4.56. The molecule has 7 heteroatoms. The zero-order valence-electron chi connectivity index (χ0n) is 14.2. The van der Waals surface area contributed by atoms with Gasteiger partial charge in [-0.3, -0.25) is 4.79 Å². The van der Waals surface area contributed by atoms with Crippen LogP contribution >= 0.6 is 11.3 Å². The first-order chi connectivity index (χ1) is 12.2. The third-order valence-corrected chi connectivity index (χ3v) is 4.73. The van der Waals surface area contributed by atoms with E-state index in [2.05, 4.69) is 10.3 Å². The molecule has 0 bridgehead atoms. The lowest BCUT2D eigenvalue weighted by Gasteiger charge is -2.13. The number of amides is 1. The predicted octanol–water partition coefficient (Wildman–Crippen LogP) is 3.25. The number of hydrogen-bond donors (Lipinski definition) is 1. The van der Waals surface area contributed by atoms with Crippen molar-refractivity contribution in [2.24, 2.45) is 0 Å². The number of benzene rings is 2. The van der Waals surface area contributed by atoms with Gasteiger partial charge in [-0.2, -0.15) is 0 Å². The molecule has 0 saturated carbocycles. The summed E-state index contributed by atoms with van der Waals surface area (Å²) in [6, 6.07) is 11.1. The van der Waals surface area contributed by atoms with Gasteiger partial charge in [0, 0.05) is 12.1 Å². The molecule has 0 saturated heterocycles. The topological polar surface area (TPSA) is 69.7 Å². The maximum absolute atomic E-state index is 12.6. The summed E-state index contributed by atoms with van der Waals surface area (Å²) in [5.41, 5.74) is 1.31. The first-order valence-electron chi connectivity index (χ1n) is 7.59. The van der Waals surface area contributed by atoms with Crippen molar-refractivity contribution in [3.05, 3.63) is 47.0 Å². The average molecular weight is 358 g/mol. The fourth-order valence-electron chi connectivity index (χ4n) is 2.45. The van der Waals surface area contributed by atoms with Crippen LogP contribution < -0.4 is 19.5 Å². The van der Waals surface area contributed by atoms with Gasteiger partial charge in [0.2, 0.25) is 0 Å². The minimum absolute atomic E-state index is 0.267. The summed E-state index contributed by atoms with van der Waals surface area (Å²) < 4.78 is 16.9. The van der Waals surface area contributed by atoms with Crippen molar-refractivity contribution >= 4 is 27.5 Å². The van der Waals surface area contributed by atoms with Crippen molar-refractivity contribution in [3.63, 3.8) is 0 Å². The van der Waals surface area contributed by atoms with Gasteiger partial charge in [0.1, 0.15) is 10.8 Å². The Morgan fingerprint density at radius 1 is 1.04 bits per heavy atom. The highest BCUT2D eigenvalue weighted by Gasteiger charge is 2.18. The van der Waals surface area contributed by atoms with Crippen molar-refractivity contribution in [1.82, 2.24) is 10.3 Å². The number of thiazole rings is 1. The quantitative estimate of drug-likeness (QED) is 0.732. The van der Waals surface area contributed by atoms with E-state index in [0.717, 1.165) is 15.2 Å². The number of fused-ring (bicyclic) bond motifs is 1. The molecule has 0 radical (unpaired) electrons. The van der Waals surface area contributed by atoms with Crippen LogP contribution in [0.15, 0.2) is 36.4 Å². The van der Waals surface area contributed by atoms with E-state index in [4.69, 9.17) is 14.2 Å². The van der Waals surface area contributed by atoms with Gasteiger partial charge in [0.15, 0.2) is 11.5 Å². The Morgan fingerprint density at radius 2 is 1.72 bits per heavy atom. The summed E-state index contributed by atoms with van der Waals surface area (Å²) in [5.74, 6) is 1.12. The molecule has 0 unspecified atom stereocenters. The maximum Gasteiger partial charge on any atom is 0.255 e. The maximum atomic E-state index is 12.6. The number of nitrogens with zero attached hydrogens (tertiary/aromatic N) is 1. The molecule has 0 aliphatic rings. The molecule has 2 aromatic carbocycles. The van der Waals surface area contributed by atoms with Crippen LogP contribution in [0.5, 0.6) is 17.2 Å². The molecule has 0 atom stereocenters. The Morgan fingerprint density at radius 3 is 2.40 bits per heavy atom. The van der Waals surface area contributed by atoms with Crippen molar-refractivity contribution in [1.29, 1.82) is 0 Å². The Labute approximate surface area is 149 Å². The number of aromatic nitrogens is 1. The van der Waals surface area contributed by atoms with Gasteiger partial charge in [-0.05, 0) is 12.1 Å². The summed E-state index contributed by atoms with van der Waals surface area (Å²) in [6.45, 7) is 0.343. The Bertz CT molecular complexity index is 874. The van der Waals surface area contributed by atoms with Crippen LogP contribution in [0.3, 0.4) is 0 Å². The van der Waals surface area contributed by atoms with Gasteiger partial charge >= 0.3 is 0 Å². The molecule has 6 nitrogen and oxygen atoms in total. The molecule has 3 aromatic rings. The van der Waals surface area contributed by atoms with E-state index in [1.807, 2.05) is 24.3 Å². The smallest absolute Gasteiger partial charge is 0.255 e. The second-order valence-corrected chi connectivity index (χ2v) is 6.28. The highest BCUT2D eigenvalue weighted by Crippen LogP contribution is 2.34. The van der Waals surface area contributed by atoms with E-state index < -0.39 is 0 Å². The molecule has 1 amide bonds. The molecular weight excluding hydrogens is 340 g/mol. The van der Waals surface area contributed by atoms with Crippen molar-refractivity contribution in [2.45, 2.75) is 6.54 Å². The Balaban J connectivity index is 1.80. The van der Waals surface area contributed by atoms with Crippen LogP contribution in [0, 0.1) is 0 Å². The average Bonchev–Trinajstić information content (AvgIpc) is 3.07. The molecule has 1 N–H and O–H groups in total. The molecule has 25 heavy (non-hydrogen) atoms. The molecule has 0 aliphatic heterocycles. The zero-order valence-corrected chi connectivity index (χ0v) is 15.0. The largest absolute Gasteiger partial charge is 0.496 e. The van der Waals surface area contributed by atoms with Crippen LogP contribution in [0.2, 0.25) is 0 Å². The molecule has 3 rings (SSSR count). The van der Waals surface area contributed by atoms with Crippen LogP contribution in [-0.4, -0.2) is 32.2 Å². The third kappa shape index (κ3) is 3.51. The van der Waals surface area contributed by atoms with Crippen LogP contribution in [0.25, 0.3) is 10.2 Å². The monoisotopic (exact) mass is 358 g/mol. The fraction of sp³-hybridized carbons (Fsp3) is 0.222. The summed E-state index contributed by atoms with van der Waals surface area (Å²) >= 11 is 1.56. The number of carbonyl (C=O) groups is 1. The normalized spacial score (nSPS) is 10.5. The van der Waals surface area contributed by atoms with E-state index in [9.17, 15) is 4.79 Å². The van der Waals surface area contributed by atoms with Crippen molar-refractivity contribution < 1.29 is 19.0 Å². The predicted molar refractivity (Wildman–Crippen MR) is 96.9 cm³/mol. The van der Waals surface area contributed by atoms with Gasteiger partial charge in [0.25, 0.3) is 5.91 Å². The molecule has 0 aliphatic carbocycles. The molecule has 0 fully saturated rings. The summed E-state index contributed by atoms with van der Waals surface area (Å²) in [6.07, 6.45) is 0. The van der Waals surface area contributed by atoms with Gasteiger partial charge < -0.3 is 19.5 Å². The highest BCUT2D eigenvalue weighted by molar-refractivity contribution is 7.18. The van der Waals surface area contributed by atoms with Gasteiger partial charge in [-0.1, -0.05) is 12.1 Å². The van der Waals surface area contributed by atoms with Crippen LogP contribution in [0.1, 0.15) is 15.4 Å². The molecule has 1 heterocycles. The van der Waals surface area contributed by atoms with Crippen molar-refractivity contribution in [3.8, 4) is 17.2 Å².